The Balaban J connectivity index is 1.50. The number of carbonyl (C=O) groups excluding carboxylic acids is 1. The number of aromatic amines is 2. The van der Waals surface area contributed by atoms with Gasteiger partial charge in [-0.1, -0.05) is 0 Å². The molecule has 1 amide bonds. The maximum absolute atomic E-state index is 12.5. The van der Waals surface area contributed by atoms with Crippen LogP contribution in [-0.4, -0.2) is 85.0 Å². The highest BCUT2D eigenvalue weighted by molar-refractivity contribution is 8.07. The van der Waals surface area contributed by atoms with E-state index < -0.39 is 78.2 Å². The third-order valence-corrected chi connectivity index (χ3v) is 9.61. The highest BCUT2D eigenvalue weighted by atomic mass is 32.5. The Morgan fingerprint density at radius 2 is 1.54 bits per heavy atom. The van der Waals surface area contributed by atoms with E-state index >= 15 is 0 Å². The van der Waals surface area contributed by atoms with E-state index in [4.69, 9.17) is 34.9 Å². The smallest absolute Gasteiger partial charge is 0.330 e. The van der Waals surface area contributed by atoms with Gasteiger partial charge in [0, 0.05) is 41.9 Å². The second kappa shape index (κ2) is 14.5. The summed E-state index contributed by atoms with van der Waals surface area (Å²) in [7, 11) is 0. The van der Waals surface area contributed by atoms with E-state index in [1.165, 1.54) is 35.4 Å². The van der Waals surface area contributed by atoms with E-state index in [2.05, 4.69) is 15.3 Å². The summed E-state index contributed by atoms with van der Waals surface area (Å²) in [6.45, 7) is 3.73. The largest absolute Gasteiger partial charge is 0.394 e. The van der Waals surface area contributed by atoms with Crippen LogP contribution in [0.1, 0.15) is 63.6 Å². The van der Waals surface area contributed by atoms with Crippen molar-refractivity contribution in [3.63, 3.8) is 0 Å². The molecule has 17 nitrogen and oxygen atoms in total. The second-order valence-corrected chi connectivity index (χ2v) is 15.2. The first-order chi connectivity index (χ1) is 21.5. The summed E-state index contributed by atoms with van der Waals surface area (Å²) in [6.07, 6.45) is -3.19. The Kier molecular flexibility index (Phi) is 11.4. The van der Waals surface area contributed by atoms with Gasteiger partial charge in [-0.05, 0) is 46.4 Å². The molecule has 0 saturated carbocycles. The third-order valence-electron chi connectivity index (χ3n) is 7.23. The number of nitrogens with zero attached hydrogens (tertiary/aromatic N) is 2. The number of H-pyrrole nitrogens is 2. The molecular formula is C27H40N5O12PS. The summed E-state index contributed by atoms with van der Waals surface area (Å²) in [4.78, 5) is 65.3. The van der Waals surface area contributed by atoms with Gasteiger partial charge in [0.15, 0.2) is 0 Å². The molecule has 0 aromatic carbocycles. The molecule has 4 heterocycles. The Bertz CT molecular complexity index is 1700. The van der Waals surface area contributed by atoms with Crippen molar-refractivity contribution in [2.75, 3.05) is 19.8 Å². The lowest BCUT2D eigenvalue weighted by molar-refractivity contribution is -0.123. The van der Waals surface area contributed by atoms with Crippen LogP contribution in [-0.2, 0) is 39.6 Å². The number of amides is 1. The Hall–Kier alpha value is -2.80. The van der Waals surface area contributed by atoms with Gasteiger partial charge in [0.05, 0.1) is 38.4 Å². The molecule has 1 unspecified atom stereocenters. The summed E-state index contributed by atoms with van der Waals surface area (Å²) in [5.74, 6) is -0.307. The van der Waals surface area contributed by atoms with E-state index in [9.17, 15) is 34.2 Å². The lowest BCUT2D eigenvalue weighted by Gasteiger charge is -2.28. The van der Waals surface area contributed by atoms with Gasteiger partial charge in [0.25, 0.3) is 11.1 Å². The average molecular weight is 690 g/mol. The predicted molar refractivity (Wildman–Crippen MR) is 166 cm³/mol. The summed E-state index contributed by atoms with van der Waals surface area (Å²) >= 11 is 5.70. The van der Waals surface area contributed by atoms with Gasteiger partial charge in [-0.15, -0.1) is 0 Å². The molecule has 19 heteroatoms. The molecule has 2 fully saturated rings. The Morgan fingerprint density at radius 3 is 2.09 bits per heavy atom. The molecule has 2 aromatic rings. The number of nitrogens with one attached hydrogen (secondary N) is 3. The van der Waals surface area contributed by atoms with Crippen molar-refractivity contribution in [1.29, 1.82) is 0 Å². The van der Waals surface area contributed by atoms with Crippen molar-refractivity contribution in [3.8, 4) is 0 Å². The minimum atomic E-state index is -3.76. The molecule has 5 N–H and O–H groups in total. The van der Waals surface area contributed by atoms with E-state index in [-0.39, 0.29) is 49.5 Å². The quantitative estimate of drug-likeness (QED) is 0.179. The minimum absolute atomic E-state index is 0.00897. The van der Waals surface area contributed by atoms with Crippen LogP contribution in [0.5, 0.6) is 0 Å². The molecule has 256 valence electrons. The first-order valence-corrected chi connectivity index (χ1v) is 17.2. The van der Waals surface area contributed by atoms with Gasteiger partial charge in [-0.3, -0.25) is 33.5 Å². The Labute approximate surface area is 268 Å². The second-order valence-electron chi connectivity index (χ2n) is 12.2. The fraction of sp³-hybridized carbons (Fsp3) is 0.667. The average Bonchev–Trinajstić information content (AvgIpc) is 3.52. The van der Waals surface area contributed by atoms with Crippen LogP contribution in [0.15, 0.2) is 31.6 Å². The van der Waals surface area contributed by atoms with E-state index in [1.54, 1.807) is 0 Å². The van der Waals surface area contributed by atoms with E-state index in [1.807, 2.05) is 20.8 Å². The van der Waals surface area contributed by atoms with Crippen LogP contribution in [0.2, 0.25) is 0 Å². The SMILES string of the molecule is Cc1cn([C@H]2C[C@H](OP(=S)(OCCC(=O)NC(C)(C)C)OC[C@H]3O[C@@H](n4cc(C)c(=O)[nH]c4=O)C[C@@H]3O)[C@@H](CO)O2)c(=O)[nH]c1=O. The van der Waals surface area contributed by atoms with Crippen molar-refractivity contribution in [3.05, 3.63) is 65.2 Å². The molecule has 2 aromatic heterocycles. The highest BCUT2D eigenvalue weighted by Crippen LogP contribution is 2.54. The number of aliphatic hydroxyl groups excluding tert-OH is 2. The highest BCUT2D eigenvalue weighted by Gasteiger charge is 2.43. The molecule has 2 saturated heterocycles. The molecule has 4 rings (SSSR count). The fourth-order valence-electron chi connectivity index (χ4n) is 4.94. The maximum Gasteiger partial charge on any atom is 0.330 e. The van der Waals surface area contributed by atoms with Crippen molar-refractivity contribution >= 4 is 24.4 Å². The zero-order chi connectivity index (χ0) is 34.0. The third kappa shape index (κ3) is 8.96. The molecule has 0 bridgehead atoms. The molecule has 2 aliphatic rings. The number of rotatable bonds is 12. The normalized spacial score (nSPS) is 26.2. The standard InChI is InChI=1S/C27H40N5O12PS/c1-14-10-31(25(38)28-23(14)36)21-8-16(34)19(43-21)13-41-45(46,40-7-6-20(35)30-27(3,4)5)44-17-9-22(42-18(17)12-33)32-11-15(2)24(37)29-26(32)39/h10-11,16-19,21-22,33-34H,6-9,12-13H2,1-5H3,(H,30,35)(H,28,36,38)(H,29,37,39)/t16-,17-,18+,19+,21+,22+,45?/m0/s1. The zero-order valence-electron chi connectivity index (χ0n) is 26.1. The van der Waals surface area contributed by atoms with Crippen LogP contribution in [0.25, 0.3) is 0 Å². The summed E-state index contributed by atoms with van der Waals surface area (Å²) in [6, 6.07) is 0. The molecule has 2 aliphatic heterocycles. The Morgan fingerprint density at radius 1 is 1.00 bits per heavy atom. The van der Waals surface area contributed by atoms with Crippen molar-refractivity contribution in [1.82, 2.24) is 24.4 Å². The van der Waals surface area contributed by atoms with Crippen molar-refractivity contribution in [2.45, 2.75) is 96.3 Å². The first-order valence-electron chi connectivity index (χ1n) is 14.6. The topological polar surface area (TPSA) is 225 Å². The van der Waals surface area contributed by atoms with Crippen LogP contribution < -0.4 is 27.8 Å². The molecule has 0 radical (unpaired) electrons. The van der Waals surface area contributed by atoms with E-state index in [0.29, 0.717) is 0 Å². The van der Waals surface area contributed by atoms with Gasteiger partial charge in [-0.25, -0.2) is 9.59 Å². The number of aryl methyl sites for hydroxylation is 2. The lowest BCUT2D eigenvalue weighted by Crippen LogP contribution is -2.40. The molecule has 46 heavy (non-hydrogen) atoms. The molecule has 7 atom stereocenters. The molecule has 0 aliphatic carbocycles. The van der Waals surface area contributed by atoms with Crippen LogP contribution in [0.3, 0.4) is 0 Å². The summed E-state index contributed by atoms with van der Waals surface area (Å²) < 4.78 is 32.0. The van der Waals surface area contributed by atoms with Gasteiger partial charge in [0.1, 0.15) is 24.7 Å². The first kappa shape index (κ1) is 36.0. The van der Waals surface area contributed by atoms with Gasteiger partial charge >= 0.3 is 18.1 Å². The number of hydrogen-bond donors (Lipinski definition) is 5. The zero-order valence-corrected chi connectivity index (χ0v) is 27.8. The monoisotopic (exact) mass is 689 g/mol. The number of hydrogen-bond acceptors (Lipinski definition) is 13. The van der Waals surface area contributed by atoms with Crippen LogP contribution >= 0.6 is 6.72 Å². The maximum atomic E-state index is 12.5. The number of carbonyl (C=O) groups is 1. The van der Waals surface area contributed by atoms with Crippen molar-refractivity contribution < 1.29 is 38.1 Å². The number of aliphatic hydroxyl groups is 2. The minimum Gasteiger partial charge on any atom is -0.394 e. The molecule has 0 spiro atoms. The van der Waals surface area contributed by atoms with Gasteiger partial charge < -0.3 is 38.6 Å². The van der Waals surface area contributed by atoms with Gasteiger partial charge in [-0.2, -0.15) is 0 Å². The predicted octanol–water partition coefficient (Wildman–Crippen LogP) is -0.420. The van der Waals surface area contributed by atoms with Crippen LogP contribution in [0.4, 0.5) is 0 Å². The lowest BCUT2D eigenvalue weighted by atomic mass is 10.1. The summed E-state index contributed by atoms with van der Waals surface area (Å²) in [5, 5.41) is 23.6. The molecular weight excluding hydrogens is 649 g/mol. The van der Waals surface area contributed by atoms with Crippen molar-refractivity contribution in [2.24, 2.45) is 0 Å². The number of ether oxygens (including phenoxy) is 2. The number of aromatic nitrogens is 4. The van der Waals surface area contributed by atoms with Crippen LogP contribution in [0, 0.1) is 13.8 Å². The fourth-order valence-corrected chi connectivity index (χ4v) is 7.07. The van der Waals surface area contributed by atoms with E-state index in [0.717, 1.165) is 0 Å². The van der Waals surface area contributed by atoms with Gasteiger partial charge in [0.2, 0.25) is 5.91 Å². The summed E-state index contributed by atoms with van der Waals surface area (Å²) in [5.41, 5.74) is -2.43.